The molecule has 0 atom stereocenters. The van der Waals surface area contributed by atoms with Crippen molar-refractivity contribution in [1.29, 1.82) is 0 Å². The summed E-state index contributed by atoms with van der Waals surface area (Å²) in [6.45, 7) is 0. The first kappa shape index (κ1) is 17.8. The minimum atomic E-state index is -0.177. The molecule has 1 aliphatic carbocycles. The van der Waals surface area contributed by atoms with Gasteiger partial charge in [-0.15, -0.1) is 0 Å². The van der Waals surface area contributed by atoms with E-state index in [-0.39, 0.29) is 35.1 Å². The second-order valence-electron chi connectivity index (χ2n) is 6.56. The van der Waals surface area contributed by atoms with Crippen LogP contribution >= 0.6 is 0 Å². The smallest absolute Gasteiger partial charge is 0.227 e. The van der Waals surface area contributed by atoms with E-state index in [1.165, 1.54) is 12.1 Å². The Bertz CT molecular complexity index is 730. The molecule has 0 unspecified atom stereocenters. The Labute approximate surface area is 151 Å². The van der Waals surface area contributed by atoms with Gasteiger partial charge in [0.2, 0.25) is 11.8 Å². The molecule has 6 heteroatoms. The van der Waals surface area contributed by atoms with Crippen LogP contribution in [0.3, 0.4) is 0 Å². The van der Waals surface area contributed by atoms with Crippen LogP contribution in [-0.2, 0) is 9.59 Å². The number of phenols is 2. The van der Waals surface area contributed by atoms with Gasteiger partial charge in [-0.05, 0) is 49.9 Å². The summed E-state index contributed by atoms with van der Waals surface area (Å²) < 4.78 is 0. The van der Waals surface area contributed by atoms with E-state index < -0.39 is 0 Å². The standard InChI is InChI=1S/C20H22N2O4/c23-17-7-3-1-5-15(17)21-19(25)13-9-11-14(12-10-13)20(26)22-16-6-2-4-8-18(16)24/h1-8,13-14,23-24H,9-12H2,(H,21,25)(H,22,26). The van der Waals surface area contributed by atoms with E-state index in [1.54, 1.807) is 36.4 Å². The van der Waals surface area contributed by atoms with Crippen LogP contribution in [0.2, 0.25) is 0 Å². The lowest BCUT2D eigenvalue weighted by Crippen LogP contribution is -2.32. The van der Waals surface area contributed by atoms with Gasteiger partial charge < -0.3 is 20.8 Å². The van der Waals surface area contributed by atoms with E-state index in [2.05, 4.69) is 10.6 Å². The number of benzene rings is 2. The first-order valence-electron chi connectivity index (χ1n) is 8.72. The van der Waals surface area contributed by atoms with Gasteiger partial charge in [0.15, 0.2) is 0 Å². The lowest BCUT2D eigenvalue weighted by Gasteiger charge is -2.27. The van der Waals surface area contributed by atoms with E-state index in [9.17, 15) is 19.8 Å². The molecule has 0 saturated heterocycles. The molecule has 0 heterocycles. The van der Waals surface area contributed by atoms with Crippen LogP contribution in [0.1, 0.15) is 25.7 Å². The van der Waals surface area contributed by atoms with E-state index in [0.29, 0.717) is 37.1 Å². The van der Waals surface area contributed by atoms with Crippen LogP contribution in [-0.4, -0.2) is 22.0 Å². The van der Waals surface area contributed by atoms with Crippen molar-refractivity contribution < 1.29 is 19.8 Å². The Hall–Kier alpha value is -3.02. The van der Waals surface area contributed by atoms with Crippen LogP contribution in [0.5, 0.6) is 11.5 Å². The Morgan fingerprint density at radius 2 is 1.04 bits per heavy atom. The van der Waals surface area contributed by atoms with Gasteiger partial charge in [0.05, 0.1) is 11.4 Å². The van der Waals surface area contributed by atoms with Crippen molar-refractivity contribution in [2.45, 2.75) is 25.7 Å². The Kier molecular flexibility index (Phi) is 5.41. The van der Waals surface area contributed by atoms with Gasteiger partial charge in [0.25, 0.3) is 0 Å². The van der Waals surface area contributed by atoms with Crippen molar-refractivity contribution in [3.63, 3.8) is 0 Å². The molecule has 4 N–H and O–H groups in total. The fourth-order valence-corrected chi connectivity index (χ4v) is 3.25. The number of hydrogen-bond acceptors (Lipinski definition) is 4. The molecule has 26 heavy (non-hydrogen) atoms. The highest BCUT2D eigenvalue weighted by atomic mass is 16.3. The van der Waals surface area contributed by atoms with Crippen LogP contribution in [0.4, 0.5) is 11.4 Å². The maximum atomic E-state index is 12.4. The Balaban J connectivity index is 1.52. The summed E-state index contributed by atoms with van der Waals surface area (Å²) in [6.07, 6.45) is 2.44. The van der Waals surface area contributed by atoms with E-state index in [1.807, 2.05) is 0 Å². The van der Waals surface area contributed by atoms with Crippen molar-refractivity contribution >= 4 is 23.2 Å². The summed E-state index contributed by atoms with van der Waals surface area (Å²) in [6, 6.07) is 13.2. The molecule has 1 fully saturated rings. The van der Waals surface area contributed by atoms with Gasteiger partial charge in [0, 0.05) is 11.8 Å². The van der Waals surface area contributed by atoms with E-state index in [0.717, 1.165) is 0 Å². The monoisotopic (exact) mass is 354 g/mol. The van der Waals surface area contributed by atoms with Crippen molar-refractivity contribution in [3.8, 4) is 11.5 Å². The SMILES string of the molecule is O=C(Nc1ccccc1O)C1CCC(C(=O)Nc2ccccc2O)CC1. The van der Waals surface area contributed by atoms with Crippen LogP contribution < -0.4 is 10.6 Å². The highest BCUT2D eigenvalue weighted by Crippen LogP contribution is 2.32. The molecule has 2 aromatic rings. The molecule has 1 aliphatic rings. The molecular formula is C20H22N2O4. The lowest BCUT2D eigenvalue weighted by atomic mass is 9.81. The zero-order chi connectivity index (χ0) is 18.5. The lowest BCUT2D eigenvalue weighted by molar-refractivity contribution is -0.125. The normalized spacial score (nSPS) is 19.5. The van der Waals surface area contributed by atoms with E-state index in [4.69, 9.17) is 0 Å². The number of para-hydroxylation sites is 4. The van der Waals surface area contributed by atoms with Crippen LogP contribution in [0.15, 0.2) is 48.5 Å². The fraction of sp³-hybridized carbons (Fsp3) is 0.300. The van der Waals surface area contributed by atoms with Crippen molar-refractivity contribution in [1.82, 2.24) is 0 Å². The topological polar surface area (TPSA) is 98.7 Å². The number of aromatic hydroxyl groups is 2. The molecule has 0 radical (unpaired) electrons. The zero-order valence-corrected chi connectivity index (χ0v) is 14.3. The fourth-order valence-electron chi connectivity index (χ4n) is 3.25. The third-order valence-electron chi connectivity index (χ3n) is 4.79. The van der Waals surface area contributed by atoms with Gasteiger partial charge in [-0.3, -0.25) is 9.59 Å². The second-order valence-corrected chi connectivity index (χ2v) is 6.56. The van der Waals surface area contributed by atoms with Crippen molar-refractivity contribution in [3.05, 3.63) is 48.5 Å². The predicted molar refractivity (Wildman–Crippen MR) is 98.9 cm³/mol. The number of hydrogen-bond donors (Lipinski definition) is 4. The molecule has 0 aromatic heterocycles. The highest BCUT2D eigenvalue weighted by Gasteiger charge is 2.30. The molecule has 1 saturated carbocycles. The molecule has 2 amide bonds. The van der Waals surface area contributed by atoms with Gasteiger partial charge in [0.1, 0.15) is 11.5 Å². The number of anilines is 2. The molecule has 136 valence electrons. The van der Waals surface area contributed by atoms with Gasteiger partial charge in [-0.1, -0.05) is 24.3 Å². The number of nitrogens with one attached hydrogen (secondary N) is 2. The number of phenolic OH excluding ortho intramolecular Hbond substituents is 2. The summed E-state index contributed by atoms with van der Waals surface area (Å²) in [5, 5.41) is 25.0. The first-order valence-corrected chi connectivity index (χ1v) is 8.72. The maximum Gasteiger partial charge on any atom is 0.227 e. The minimum absolute atomic E-state index is 0.0385. The van der Waals surface area contributed by atoms with Crippen LogP contribution in [0, 0.1) is 11.8 Å². The summed E-state index contributed by atoms with van der Waals surface area (Å²) in [4.78, 5) is 24.8. The number of amides is 2. The summed E-state index contributed by atoms with van der Waals surface area (Å²) in [7, 11) is 0. The summed E-state index contributed by atoms with van der Waals surface area (Å²) >= 11 is 0. The molecule has 2 aromatic carbocycles. The summed E-state index contributed by atoms with van der Waals surface area (Å²) in [5.41, 5.74) is 0.800. The molecule has 3 rings (SSSR count). The van der Waals surface area contributed by atoms with Gasteiger partial charge in [-0.2, -0.15) is 0 Å². The molecule has 6 nitrogen and oxygen atoms in total. The molecular weight excluding hydrogens is 332 g/mol. The third kappa shape index (κ3) is 4.14. The molecule has 0 bridgehead atoms. The van der Waals surface area contributed by atoms with Gasteiger partial charge in [-0.25, -0.2) is 0 Å². The summed E-state index contributed by atoms with van der Waals surface area (Å²) in [5.74, 6) is -0.544. The highest BCUT2D eigenvalue weighted by molar-refractivity contribution is 5.95. The van der Waals surface area contributed by atoms with Crippen LogP contribution in [0.25, 0.3) is 0 Å². The second kappa shape index (κ2) is 7.91. The number of rotatable bonds is 4. The first-order chi connectivity index (χ1) is 12.5. The molecule has 0 aliphatic heterocycles. The Morgan fingerprint density at radius 1 is 0.692 bits per heavy atom. The average molecular weight is 354 g/mol. The Morgan fingerprint density at radius 3 is 1.38 bits per heavy atom. The number of carbonyl (C=O) groups is 2. The minimum Gasteiger partial charge on any atom is -0.506 e. The quantitative estimate of drug-likeness (QED) is 0.632. The van der Waals surface area contributed by atoms with Gasteiger partial charge >= 0.3 is 0 Å². The van der Waals surface area contributed by atoms with E-state index >= 15 is 0 Å². The maximum absolute atomic E-state index is 12.4. The number of carbonyl (C=O) groups excluding carboxylic acids is 2. The largest absolute Gasteiger partial charge is 0.506 e. The average Bonchev–Trinajstić information content (AvgIpc) is 2.65. The predicted octanol–water partition coefficient (Wildman–Crippen LogP) is 3.48. The van der Waals surface area contributed by atoms with Crippen molar-refractivity contribution in [2.24, 2.45) is 11.8 Å². The third-order valence-corrected chi connectivity index (χ3v) is 4.79. The molecule has 0 spiro atoms. The zero-order valence-electron chi connectivity index (χ0n) is 14.3. The van der Waals surface area contributed by atoms with Crippen molar-refractivity contribution in [2.75, 3.05) is 10.6 Å².